The zero-order chi connectivity index (χ0) is 15.2. The average molecular weight is 289 g/mol. The van der Waals surface area contributed by atoms with Gasteiger partial charge >= 0.3 is 0 Å². The molecular weight excluding hydrogens is 273 g/mol. The summed E-state index contributed by atoms with van der Waals surface area (Å²) in [4.78, 5) is 15.7. The molecule has 0 saturated carbocycles. The molecular formula is C15H16FN3O2. The number of anilines is 1. The van der Waals surface area contributed by atoms with Gasteiger partial charge in [0.1, 0.15) is 5.75 Å². The van der Waals surface area contributed by atoms with E-state index in [9.17, 15) is 14.3 Å². The van der Waals surface area contributed by atoms with Crippen molar-refractivity contribution in [3.05, 3.63) is 53.5 Å². The van der Waals surface area contributed by atoms with Gasteiger partial charge in [0.05, 0.1) is 5.56 Å². The van der Waals surface area contributed by atoms with Crippen LogP contribution in [0.1, 0.15) is 15.9 Å². The molecule has 0 aliphatic carbocycles. The van der Waals surface area contributed by atoms with Crippen molar-refractivity contribution in [2.24, 2.45) is 0 Å². The molecule has 110 valence electrons. The smallest absolute Gasteiger partial charge is 0.254 e. The van der Waals surface area contributed by atoms with Crippen molar-refractivity contribution in [2.45, 2.75) is 6.42 Å². The number of phenolic OH excluding ortho intramolecular Hbond substituents is 1. The van der Waals surface area contributed by atoms with Gasteiger partial charge < -0.3 is 15.7 Å². The van der Waals surface area contributed by atoms with Crippen molar-refractivity contribution in [1.29, 1.82) is 0 Å². The van der Waals surface area contributed by atoms with E-state index in [1.807, 2.05) is 0 Å². The van der Waals surface area contributed by atoms with Gasteiger partial charge in [0.25, 0.3) is 5.91 Å². The summed E-state index contributed by atoms with van der Waals surface area (Å²) >= 11 is 0. The van der Waals surface area contributed by atoms with Crippen LogP contribution >= 0.6 is 0 Å². The number of halogens is 1. The lowest BCUT2D eigenvalue weighted by molar-refractivity contribution is 0.0950. The first-order valence-electron chi connectivity index (χ1n) is 6.50. The van der Waals surface area contributed by atoms with Gasteiger partial charge in [-0.05, 0) is 30.2 Å². The molecule has 0 spiro atoms. The first-order valence-corrected chi connectivity index (χ1v) is 6.50. The van der Waals surface area contributed by atoms with E-state index in [4.69, 9.17) is 0 Å². The SMILES string of the molecule is CNc1nccc(C(=O)NCCc2ccc(O)cc2)c1F. The number of phenols is 1. The first-order chi connectivity index (χ1) is 10.1. The molecule has 0 saturated heterocycles. The molecule has 0 aliphatic rings. The molecule has 0 fully saturated rings. The molecule has 3 N–H and O–H groups in total. The van der Waals surface area contributed by atoms with Crippen LogP contribution in [0.15, 0.2) is 36.5 Å². The van der Waals surface area contributed by atoms with Crippen molar-refractivity contribution in [2.75, 3.05) is 18.9 Å². The lowest BCUT2D eigenvalue weighted by Gasteiger charge is -2.08. The number of aromatic nitrogens is 1. The second-order valence-electron chi connectivity index (χ2n) is 4.44. The highest BCUT2D eigenvalue weighted by atomic mass is 19.1. The third-order valence-electron chi connectivity index (χ3n) is 3.01. The van der Waals surface area contributed by atoms with E-state index in [1.165, 1.54) is 19.3 Å². The van der Waals surface area contributed by atoms with Crippen molar-refractivity contribution < 1.29 is 14.3 Å². The van der Waals surface area contributed by atoms with Crippen molar-refractivity contribution in [3.8, 4) is 5.75 Å². The summed E-state index contributed by atoms with van der Waals surface area (Å²) in [6.07, 6.45) is 1.97. The summed E-state index contributed by atoms with van der Waals surface area (Å²) in [5.74, 6) is -0.908. The number of aromatic hydroxyl groups is 1. The molecule has 1 amide bonds. The quantitative estimate of drug-likeness (QED) is 0.786. The fourth-order valence-electron chi connectivity index (χ4n) is 1.87. The Kier molecular flexibility index (Phi) is 4.71. The van der Waals surface area contributed by atoms with Crippen molar-refractivity contribution in [1.82, 2.24) is 10.3 Å². The van der Waals surface area contributed by atoms with Crippen LogP contribution < -0.4 is 10.6 Å². The topological polar surface area (TPSA) is 74.2 Å². The summed E-state index contributed by atoms with van der Waals surface area (Å²) in [6.45, 7) is 0.375. The van der Waals surface area contributed by atoms with Crippen LogP contribution in [-0.4, -0.2) is 29.6 Å². The van der Waals surface area contributed by atoms with Gasteiger partial charge in [-0.25, -0.2) is 9.37 Å². The number of carbonyl (C=O) groups is 1. The fourth-order valence-corrected chi connectivity index (χ4v) is 1.87. The molecule has 1 aromatic heterocycles. The second kappa shape index (κ2) is 6.69. The Labute approximate surface area is 121 Å². The number of benzene rings is 1. The highest BCUT2D eigenvalue weighted by Gasteiger charge is 2.14. The van der Waals surface area contributed by atoms with Gasteiger partial charge in [-0.1, -0.05) is 12.1 Å². The Bertz CT molecular complexity index is 629. The van der Waals surface area contributed by atoms with E-state index in [0.29, 0.717) is 13.0 Å². The molecule has 1 heterocycles. The predicted molar refractivity (Wildman–Crippen MR) is 77.9 cm³/mol. The summed E-state index contributed by atoms with van der Waals surface area (Å²) in [7, 11) is 1.54. The van der Waals surface area contributed by atoms with Crippen LogP contribution in [0, 0.1) is 5.82 Å². The van der Waals surface area contributed by atoms with E-state index in [0.717, 1.165) is 5.56 Å². The first kappa shape index (κ1) is 14.8. The number of hydrogen-bond acceptors (Lipinski definition) is 4. The molecule has 0 radical (unpaired) electrons. The Morgan fingerprint density at radius 1 is 1.29 bits per heavy atom. The van der Waals surface area contributed by atoms with Crippen LogP contribution in [0.2, 0.25) is 0 Å². The van der Waals surface area contributed by atoms with Gasteiger partial charge in [0.15, 0.2) is 11.6 Å². The van der Waals surface area contributed by atoms with Crippen LogP contribution in [0.4, 0.5) is 10.2 Å². The molecule has 5 nitrogen and oxygen atoms in total. The highest BCUT2D eigenvalue weighted by Crippen LogP contribution is 2.14. The molecule has 0 bridgehead atoms. The van der Waals surface area contributed by atoms with E-state index >= 15 is 0 Å². The number of nitrogens with zero attached hydrogens (tertiary/aromatic N) is 1. The molecule has 2 rings (SSSR count). The summed E-state index contributed by atoms with van der Waals surface area (Å²) in [6, 6.07) is 8.05. The average Bonchev–Trinajstić information content (AvgIpc) is 2.49. The van der Waals surface area contributed by atoms with Crippen molar-refractivity contribution in [3.63, 3.8) is 0 Å². The number of carbonyl (C=O) groups excluding carboxylic acids is 1. The number of rotatable bonds is 5. The minimum absolute atomic E-state index is 0.0416. The fraction of sp³-hybridized carbons (Fsp3) is 0.200. The van der Waals surface area contributed by atoms with Gasteiger partial charge in [0, 0.05) is 19.8 Å². The third kappa shape index (κ3) is 3.68. The van der Waals surface area contributed by atoms with Crippen molar-refractivity contribution >= 4 is 11.7 Å². The van der Waals surface area contributed by atoms with Gasteiger partial charge in [-0.3, -0.25) is 4.79 Å². The van der Waals surface area contributed by atoms with Crippen LogP contribution in [-0.2, 0) is 6.42 Å². The summed E-state index contributed by atoms with van der Waals surface area (Å²) < 4.78 is 13.9. The lowest BCUT2D eigenvalue weighted by Crippen LogP contribution is -2.27. The Morgan fingerprint density at radius 3 is 2.67 bits per heavy atom. The molecule has 0 atom stereocenters. The molecule has 1 aromatic carbocycles. The van der Waals surface area contributed by atoms with Gasteiger partial charge in [-0.2, -0.15) is 0 Å². The molecule has 0 unspecified atom stereocenters. The summed E-state index contributed by atoms with van der Waals surface area (Å²) in [5.41, 5.74) is 0.930. The molecule has 2 aromatic rings. The third-order valence-corrected chi connectivity index (χ3v) is 3.01. The number of pyridine rings is 1. The van der Waals surface area contributed by atoms with Gasteiger partial charge in [0.2, 0.25) is 0 Å². The van der Waals surface area contributed by atoms with Crippen LogP contribution in [0.5, 0.6) is 5.75 Å². The van der Waals surface area contributed by atoms with E-state index in [1.54, 1.807) is 24.3 Å². The second-order valence-corrected chi connectivity index (χ2v) is 4.44. The van der Waals surface area contributed by atoms with Crippen LogP contribution in [0.25, 0.3) is 0 Å². The lowest BCUT2D eigenvalue weighted by atomic mass is 10.1. The molecule has 6 heteroatoms. The monoisotopic (exact) mass is 289 g/mol. The largest absolute Gasteiger partial charge is 0.508 e. The predicted octanol–water partition coefficient (Wildman–Crippen LogP) is 1.94. The Balaban J connectivity index is 1.94. The zero-order valence-corrected chi connectivity index (χ0v) is 11.6. The Morgan fingerprint density at radius 2 is 2.00 bits per heavy atom. The molecule has 21 heavy (non-hydrogen) atoms. The number of amides is 1. The maximum atomic E-state index is 13.9. The minimum Gasteiger partial charge on any atom is -0.508 e. The Hall–Kier alpha value is -2.63. The van der Waals surface area contributed by atoms with E-state index in [2.05, 4.69) is 15.6 Å². The maximum absolute atomic E-state index is 13.9. The zero-order valence-electron chi connectivity index (χ0n) is 11.6. The normalized spacial score (nSPS) is 10.2. The standard InChI is InChI=1S/C15H16FN3O2/c1-17-14-13(16)12(7-9-18-14)15(21)19-8-6-10-2-4-11(20)5-3-10/h2-5,7,9,20H,6,8H2,1H3,(H,17,18)(H,19,21). The maximum Gasteiger partial charge on any atom is 0.254 e. The minimum atomic E-state index is -0.665. The highest BCUT2D eigenvalue weighted by molar-refractivity contribution is 5.95. The number of nitrogens with one attached hydrogen (secondary N) is 2. The number of hydrogen-bond donors (Lipinski definition) is 3. The van der Waals surface area contributed by atoms with E-state index < -0.39 is 11.7 Å². The molecule has 0 aliphatic heterocycles. The van der Waals surface area contributed by atoms with E-state index in [-0.39, 0.29) is 17.1 Å². The summed E-state index contributed by atoms with van der Waals surface area (Å²) in [5, 5.41) is 14.4. The van der Waals surface area contributed by atoms with Crippen LogP contribution in [0.3, 0.4) is 0 Å². The van der Waals surface area contributed by atoms with Gasteiger partial charge in [-0.15, -0.1) is 0 Å².